The summed E-state index contributed by atoms with van der Waals surface area (Å²) >= 11 is 0. The molecule has 2 aromatic rings. The Labute approximate surface area is 90.9 Å². The summed E-state index contributed by atoms with van der Waals surface area (Å²) in [4.78, 5) is 11.2. The molecule has 7 nitrogen and oxygen atoms in total. The Balaban J connectivity index is 1.83. The summed E-state index contributed by atoms with van der Waals surface area (Å²) in [6.07, 6.45) is 3.58. The van der Waals surface area contributed by atoms with Crippen molar-refractivity contribution in [1.29, 1.82) is 0 Å². The summed E-state index contributed by atoms with van der Waals surface area (Å²) in [7, 11) is 0. The van der Waals surface area contributed by atoms with E-state index in [0.29, 0.717) is 30.5 Å². The van der Waals surface area contributed by atoms with E-state index in [4.69, 9.17) is 4.52 Å². The molecule has 3 heterocycles. The number of aromatic nitrogens is 4. The number of nitrogens with zero attached hydrogens (tertiary/aromatic N) is 3. The van der Waals surface area contributed by atoms with Gasteiger partial charge in [-0.05, 0) is 6.42 Å². The molecule has 1 aliphatic rings. The van der Waals surface area contributed by atoms with Crippen molar-refractivity contribution in [3.63, 3.8) is 0 Å². The second-order valence-corrected chi connectivity index (χ2v) is 3.74. The zero-order valence-corrected chi connectivity index (χ0v) is 8.42. The molecule has 1 saturated heterocycles. The Bertz CT molecular complexity index is 466. The van der Waals surface area contributed by atoms with Gasteiger partial charge in [0.1, 0.15) is 0 Å². The number of rotatable bonds is 2. The first-order valence-corrected chi connectivity index (χ1v) is 5.08. The van der Waals surface area contributed by atoms with Gasteiger partial charge in [-0.3, -0.25) is 0 Å². The summed E-state index contributed by atoms with van der Waals surface area (Å²) in [6.45, 7) is 0.559. The van der Waals surface area contributed by atoms with Gasteiger partial charge in [0.15, 0.2) is 5.82 Å². The van der Waals surface area contributed by atoms with Crippen LogP contribution in [0.4, 0.5) is 0 Å². The molecular weight excluding hydrogens is 210 g/mol. The number of hydrogen-bond donors (Lipinski definition) is 3. The first-order chi connectivity index (χ1) is 7.83. The number of nitrogens with one attached hydrogen (secondary N) is 2. The second-order valence-electron chi connectivity index (χ2n) is 3.74. The van der Waals surface area contributed by atoms with Crippen LogP contribution in [0.15, 0.2) is 16.9 Å². The Kier molecular flexibility index (Phi) is 2.19. The molecular formula is C9H11N5O2. The minimum absolute atomic E-state index is 0.0637. The van der Waals surface area contributed by atoms with Gasteiger partial charge in [-0.25, -0.2) is 4.98 Å². The van der Waals surface area contributed by atoms with E-state index in [0.717, 1.165) is 0 Å². The Morgan fingerprint density at radius 3 is 3.12 bits per heavy atom. The van der Waals surface area contributed by atoms with Crippen molar-refractivity contribution >= 4 is 0 Å². The SMILES string of the molecule is OC1CN[C@H](c2nc(-c3ncc[nH]3)no2)C1. The van der Waals surface area contributed by atoms with E-state index in [9.17, 15) is 5.11 Å². The molecule has 0 aliphatic carbocycles. The minimum atomic E-state index is -0.344. The summed E-state index contributed by atoms with van der Waals surface area (Å²) in [5, 5.41) is 16.3. The van der Waals surface area contributed by atoms with Crippen molar-refractivity contribution in [2.75, 3.05) is 6.54 Å². The van der Waals surface area contributed by atoms with Gasteiger partial charge >= 0.3 is 0 Å². The van der Waals surface area contributed by atoms with E-state index in [1.54, 1.807) is 12.4 Å². The van der Waals surface area contributed by atoms with Gasteiger partial charge in [0.25, 0.3) is 0 Å². The van der Waals surface area contributed by atoms with Crippen molar-refractivity contribution in [1.82, 2.24) is 25.4 Å². The van der Waals surface area contributed by atoms with Crippen molar-refractivity contribution in [2.45, 2.75) is 18.6 Å². The van der Waals surface area contributed by atoms with E-state index in [-0.39, 0.29) is 12.1 Å². The Morgan fingerprint density at radius 1 is 1.50 bits per heavy atom. The van der Waals surface area contributed by atoms with Crippen molar-refractivity contribution < 1.29 is 9.63 Å². The summed E-state index contributed by atoms with van der Waals surface area (Å²) in [5.41, 5.74) is 0. The van der Waals surface area contributed by atoms with Crippen LogP contribution in [0.5, 0.6) is 0 Å². The van der Waals surface area contributed by atoms with E-state index < -0.39 is 0 Å². The molecule has 0 aromatic carbocycles. The quantitative estimate of drug-likeness (QED) is 0.652. The average molecular weight is 221 g/mol. The van der Waals surface area contributed by atoms with Gasteiger partial charge in [-0.2, -0.15) is 4.98 Å². The molecule has 1 fully saturated rings. The van der Waals surface area contributed by atoms with Crippen molar-refractivity contribution in [2.24, 2.45) is 0 Å². The fraction of sp³-hybridized carbons (Fsp3) is 0.444. The molecule has 0 saturated carbocycles. The van der Waals surface area contributed by atoms with Crippen LogP contribution >= 0.6 is 0 Å². The summed E-state index contributed by atoms with van der Waals surface area (Å²) in [5.74, 6) is 1.50. The predicted octanol–water partition coefficient (Wildman–Crippen LogP) is -0.145. The van der Waals surface area contributed by atoms with Gasteiger partial charge in [-0.15, -0.1) is 0 Å². The number of β-amino-alcohol motifs (C(OH)–C–C–N with tert-alkyl or cyclic N) is 1. The fourth-order valence-corrected chi connectivity index (χ4v) is 1.77. The maximum atomic E-state index is 9.38. The fourth-order valence-electron chi connectivity index (χ4n) is 1.77. The minimum Gasteiger partial charge on any atom is -0.392 e. The molecule has 3 rings (SSSR count). The van der Waals surface area contributed by atoms with Crippen LogP contribution < -0.4 is 5.32 Å². The molecule has 3 N–H and O–H groups in total. The third-order valence-electron chi connectivity index (χ3n) is 2.56. The molecule has 16 heavy (non-hydrogen) atoms. The third kappa shape index (κ3) is 1.59. The zero-order chi connectivity index (χ0) is 11.0. The molecule has 0 amide bonds. The highest BCUT2D eigenvalue weighted by molar-refractivity contribution is 5.40. The molecule has 0 radical (unpaired) electrons. The average Bonchev–Trinajstić information content (AvgIpc) is 2.97. The topological polar surface area (TPSA) is 99.9 Å². The molecule has 7 heteroatoms. The standard InChI is InChI=1S/C9H11N5O2/c15-5-3-6(12-4-5)9-13-8(14-16-9)7-10-1-2-11-7/h1-2,5-6,12,15H,3-4H2,(H,10,11)/t5?,6-/m0/s1. The predicted molar refractivity (Wildman–Crippen MR) is 53.2 cm³/mol. The number of hydrogen-bond acceptors (Lipinski definition) is 6. The summed E-state index contributed by atoms with van der Waals surface area (Å²) < 4.78 is 5.13. The third-order valence-corrected chi connectivity index (χ3v) is 2.56. The lowest BCUT2D eigenvalue weighted by molar-refractivity contribution is 0.191. The number of H-pyrrole nitrogens is 1. The molecule has 0 spiro atoms. The highest BCUT2D eigenvalue weighted by atomic mass is 16.5. The number of aliphatic hydroxyl groups excluding tert-OH is 1. The van der Waals surface area contributed by atoms with Crippen LogP contribution in [0, 0.1) is 0 Å². The van der Waals surface area contributed by atoms with E-state index in [1.165, 1.54) is 0 Å². The van der Waals surface area contributed by atoms with Crippen LogP contribution in [-0.2, 0) is 0 Å². The maximum absolute atomic E-state index is 9.38. The number of imidazole rings is 1. The smallest absolute Gasteiger partial charge is 0.244 e. The van der Waals surface area contributed by atoms with Crippen LogP contribution in [0.2, 0.25) is 0 Å². The highest BCUT2D eigenvalue weighted by Crippen LogP contribution is 2.23. The van der Waals surface area contributed by atoms with Gasteiger partial charge in [-0.1, -0.05) is 5.16 Å². The lowest BCUT2D eigenvalue weighted by atomic mass is 10.2. The van der Waals surface area contributed by atoms with Gasteiger partial charge in [0.2, 0.25) is 11.7 Å². The first kappa shape index (κ1) is 9.49. The lowest BCUT2D eigenvalue weighted by Crippen LogP contribution is -2.15. The zero-order valence-electron chi connectivity index (χ0n) is 8.42. The van der Waals surface area contributed by atoms with Crippen LogP contribution in [0.1, 0.15) is 18.4 Å². The first-order valence-electron chi connectivity index (χ1n) is 5.08. The van der Waals surface area contributed by atoms with Crippen LogP contribution in [-0.4, -0.2) is 37.9 Å². The highest BCUT2D eigenvalue weighted by Gasteiger charge is 2.28. The Morgan fingerprint density at radius 2 is 2.44 bits per heavy atom. The Hall–Kier alpha value is -1.73. The van der Waals surface area contributed by atoms with Gasteiger partial charge in [0.05, 0.1) is 12.1 Å². The molecule has 1 unspecified atom stereocenters. The molecule has 2 atom stereocenters. The van der Waals surface area contributed by atoms with Crippen LogP contribution in [0.3, 0.4) is 0 Å². The van der Waals surface area contributed by atoms with E-state index in [2.05, 4.69) is 25.4 Å². The normalized spacial score (nSPS) is 25.1. The van der Waals surface area contributed by atoms with Gasteiger partial charge in [0, 0.05) is 18.9 Å². The molecule has 1 aliphatic heterocycles. The van der Waals surface area contributed by atoms with Crippen molar-refractivity contribution in [3.8, 4) is 11.6 Å². The molecule has 2 aromatic heterocycles. The number of aliphatic hydroxyl groups is 1. The lowest BCUT2D eigenvalue weighted by Gasteiger charge is -2.01. The van der Waals surface area contributed by atoms with Gasteiger partial charge < -0.3 is 19.9 Å². The largest absolute Gasteiger partial charge is 0.392 e. The second kappa shape index (κ2) is 3.69. The number of aromatic amines is 1. The van der Waals surface area contributed by atoms with E-state index in [1.807, 2.05) is 0 Å². The molecule has 0 bridgehead atoms. The van der Waals surface area contributed by atoms with Crippen LogP contribution in [0.25, 0.3) is 11.6 Å². The van der Waals surface area contributed by atoms with Crippen molar-refractivity contribution in [3.05, 3.63) is 18.3 Å². The molecule has 84 valence electrons. The monoisotopic (exact) mass is 221 g/mol. The maximum Gasteiger partial charge on any atom is 0.244 e. The van der Waals surface area contributed by atoms with E-state index >= 15 is 0 Å². The summed E-state index contributed by atoms with van der Waals surface area (Å²) in [6, 6.07) is -0.0637.